The molecule has 4 rings (SSSR count). The Hall–Kier alpha value is -2.47. The molecule has 0 amide bonds. The summed E-state index contributed by atoms with van der Waals surface area (Å²) in [6.07, 6.45) is 1.99. The molecule has 25 heavy (non-hydrogen) atoms. The first-order valence-electron chi connectivity index (χ1n) is 8.28. The maximum absolute atomic E-state index is 13.0. The van der Waals surface area contributed by atoms with Crippen LogP contribution in [0.3, 0.4) is 0 Å². The van der Waals surface area contributed by atoms with Gasteiger partial charge in [-0.1, -0.05) is 24.3 Å². The molecule has 128 valence electrons. The van der Waals surface area contributed by atoms with Crippen LogP contribution in [0.5, 0.6) is 0 Å². The third kappa shape index (κ3) is 2.76. The van der Waals surface area contributed by atoms with Crippen LogP contribution in [0.2, 0.25) is 0 Å². The zero-order chi connectivity index (χ0) is 17.6. The second-order valence-corrected chi connectivity index (χ2v) is 8.29. The first-order chi connectivity index (χ1) is 12.0. The minimum atomic E-state index is -3.78. The van der Waals surface area contributed by atoms with Crippen LogP contribution in [0, 0.1) is 5.92 Å². The van der Waals surface area contributed by atoms with Crippen molar-refractivity contribution in [2.45, 2.75) is 24.2 Å². The van der Waals surface area contributed by atoms with E-state index < -0.39 is 10.0 Å². The molecule has 0 bridgehead atoms. The van der Waals surface area contributed by atoms with Gasteiger partial charge in [-0.2, -0.15) is 0 Å². The lowest BCUT2D eigenvalue weighted by molar-refractivity contribution is 0.0964. The summed E-state index contributed by atoms with van der Waals surface area (Å²) in [4.78, 5) is 24.2. The van der Waals surface area contributed by atoms with Crippen molar-refractivity contribution in [2.24, 2.45) is 5.92 Å². The average Bonchev–Trinajstić information content (AvgIpc) is 3.47. The second kappa shape index (κ2) is 5.81. The van der Waals surface area contributed by atoms with E-state index in [4.69, 9.17) is 0 Å². The molecule has 0 spiro atoms. The molecular weight excluding hydrogens is 338 g/mol. The molecule has 0 radical (unpaired) electrons. The minimum absolute atomic E-state index is 0.0487. The highest BCUT2D eigenvalue weighted by atomic mass is 32.2. The smallest absolute Gasteiger partial charge is 0.264 e. The van der Waals surface area contributed by atoms with Crippen molar-refractivity contribution in [1.82, 2.24) is 0 Å². The number of ketones is 2. The summed E-state index contributed by atoms with van der Waals surface area (Å²) in [6.45, 7) is 0.126. The SMILES string of the molecule is O=C1CCN(S(=O)(=O)c2ccc(C(=O)C3CC3)cc2)c2ccccc21. The summed E-state index contributed by atoms with van der Waals surface area (Å²) in [5.74, 6) is 0.132. The highest BCUT2D eigenvalue weighted by Crippen LogP contribution is 2.34. The predicted octanol–water partition coefficient (Wildman–Crippen LogP) is 3.06. The number of benzene rings is 2. The minimum Gasteiger partial charge on any atom is -0.294 e. The number of anilines is 1. The molecule has 2 aromatic carbocycles. The van der Waals surface area contributed by atoms with Gasteiger partial charge in [0.25, 0.3) is 10.0 Å². The molecule has 1 aliphatic carbocycles. The molecule has 1 aliphatic heterocycles. The Bertz CT molecular complexity index is 959. The van der Waals surface area contributed by atoms with Gasteiger partial charge in [0, 0.05) is 30.0 Å². The van der Waals surface area contributed by atoms with E-state index in [9.17, 15) is 18.0 Å². The fraction of sp³-hybridized carbons (Fsp3) is 0.263. The van der Waals surface area contributed by atoms with Crippen molar-refractivity contribution < 1.29 is 18.0 Å². The first-order valence-corrected chi connectivity index (χ1v) is 9.72. The van der Waals surface area contributed by atoms with Gasteiger partial charge in [0.05, 0.1) is 10.6 Å². The molecule has 0 saturated heterocycles. The molecule has 1 heterocycles. The van der Waals surface area contributed by atoms with E-state index >= 15 is 0 Å². The summed E-state index contributed by atoms with van der Waals surface area (Å²) in [5.41, 5.74) is 1.39. The zero-order valence-corrected chi connectivity index (χ0v) is 14.3. The Morgan fingerprint density at radius 3 is 2.36 bits per heavy atom. The van der Waals surface area contributed by atoms with Crippen molar-refractivity contribution in [2.75, 3.05) is 10.8 Å². The van der Waals surface area contributed by atoms with Gasteiger partial charge >= 0.3 is 0 Å². The van der Waals surface area contributed by atoms with Gasteiger partial charge in [-0.25, -0.2) is 8.42 Å². The van der Waals surface area contributed by atoms with Gasteiger partial charge in [-0.15, -0.1) is 0 Å². The summed E-state index contributed by atoms with van der Waals surface area (Å²) in [7, 11) is -3.78. The molecule has 0 aromatic heterocycles. The zero-order valence-electron chi connectivity index (χ0n) is 13.5. The van der Waals surface area contributed by atoms with Gasteiger partial charge in [-0.05, 0) is 37.1 Å². The van der Waals surface area contributed by atoms with Gasteiger partial charge in [0.2, 0.25) is 0 Å². The normalized spacial score (nSPS) is 17.3. The summed E-state index contributed by atoms with van der Waals surface area (Å²) >= 11 is 0. The van der Waals surface area contributed by atoms with E-state index in [1.807, 2.05) is 0 Å². The Morgan fingerprint density at radius 1 is 1.00 bits per heavy atom. The number of sulfonamides is 1. The fourth-order valence-corrected chi connectivity index (χ4v) is 4.62. The van der Waals surface area contributed by atoms with Gasteiger partial charge in [0.1, 0.15) is 0 Å². The number of carbonyl (C=O) groups is 2. The molecule has 2 aliphatic rings. The summed E-state index contributed by atoms with van der Waals surface area (Å²) in [5, 5.41) is 0. The molecular formula is C19H17NO4S. The Labute approximate surface area is 146 Å². The molecule has 6 heteroatoms. The Morgan fingerprint density at radius 2 is 1.68 bits per heavy atom. The summed E-state index contributed by atoms with van der Waals surface area (Å²) < 4.78 is 27.3. The number of hydrogen-bond acceptors (Lipinski definition) is 4. The average molecular weight is 355 g/mol. The van der Waals surface area contributed by atoms with E-state index in [1.54, 1.807) is 36.4 Å². The van der Waals surface area contributed by atoms with E-state index in [1.165, 1.54) is 16.4 Å². The van der Waals surface area contributed by atoms with Crippen LogP contribution in [-0.4, -0.2) is 26.5 Å². The molecule has 0 unspecified atom stereocenters. The second-order valence-electron chi connectivity index (χ2n) is 6.43. The quantitative estimate of drug-likeness (QED) is 0.790. The van der Waals surface area contributed by atoms with Crippen molar-refractivity contribution in [1.29, 1.82) is 0 Å². The van der Waals surface area contributed by atoms with Gasteiger partial charge in [0.15, 0.2) is 11.6 Å². The standard InChI is InChI=1S/C19H17NO4S/c21-18-11-12-20(17-4-2-1-3-16(17)18)25(23,24)15-9-7-14(8-10-15)19(22)13-5-6-13/h1-4,7-10,13H,5-6,11-12H2. The predicted molar refractivity (Wildman–Crippen MR) is 93.4 cm³/mol. The highest BCUT2D eigenvalue weighted by Gasteiger charge is 2.33. The maximum Gasteiger partial charge on any atom is 0.264 e. The molecule has 2 aromatic rings. The van der Waals surface area contributed by atoms with E-state index in [-0.39, 0.29) is 35.3 Å². The fourth-order valence-electron chi connectivity index (χ4n) is 3.13. The third-order valence-corrected chi connectivity index (χ3v) is 6.52. The molecule has 1 fully saturated rings. The van der Waals surface area contributed by atoms with E-state index in [2.05, 4.69) is 0 Å². The lowest BCUT2D eigenvalue weighted by Crippen LogP contribution is -2.37. The van der Waals surface area contributed by atoms with Crippen molar-refractivity contribution in [3.05, 3.63) is 59.7 Å². The van der Waals surface area contributed by atoms with Crippen LogP contribution in [0.15, 0.2) is 53.4 Å². The number of para-hydroxylation sites is 1. The van der Waals surface area contributed by atoms with Crippen LogP contribution in [-0.2, 0) is 10.0 Å². The van der Waals surface area contributed by atoms with Crippen molar-refractivity contribution >= 4 is 27.3 Å². The van der Waals surface area contributed by atoms with Crippen LogP contribution in [0.4, 0.5) is 5.69 Å². The van der Waals surface area contributed by atoms with Gasteiger partial charge < -0.3 is 0 Å². The van der Waals surface area contributed by atoms with E-state index in [0.717, 1.165) is 12.8 Å². The molecule has 5 nitrogen and oxygen atoms in total. The Balaban J connectivity index is 1.69. The summed E-state index contributed by atoms with van der Waals surface area (Å²) in [6, 6.07) is 12.9. The maximum atomic E-state index is 13.0. The Kier molecular flexibility index (Phi) is 3.72. The molecule has 1 saturated carbocycles. The topological polar surface area (TPSA) is 71.5 Å². The van der Waals surface area contributed by atoms with E-state index in [0.29, 0.717) is 16.8 Å². The number of carbonyl (C=O) groups excluding carboxylic acids is 2. The van der Waals surface area contributed by atoms with Crippen LogP contribution < -0.4 is 4.31 Å². The lowest BCUT2D eigenvalue weighted by atomic mass is 10.0. The monoisotopic (exact) mass is 355 g/mol. The third-order valence-electron chi connectivity index (χ3n) is 4.69. The highest BCUT2D eigenvalue weighted by molar-refractivity contribution is 7.92. The van der Waals surface area contributed by atoms with Crippen molar-refractivity contribution in [3.63, 3.8) is 0 Å². The van der Waals surface area contributed by atoms with Crippen LogP contribution in [0.25, 0.3) is 0 Å². The number of rotatable bonds is 4. The van der Waals surface area contributed by atoms with Crippen LogP contribution >= 0.6 is 0 Å². The number of hydrogen-bond donors (Lipinski definition) is 0. The van der Waals surface area contributed by atoms with Crippen LogP contribution in [0.1, 0.15) is 40.0 Å². The largest absolute Gasteiger partial charge is 0.294 e. The number of Topliss-reactive ketones (excluding diaryl/α,β-unsaturated/α-hetero) is 2. The number of fused-ring (bicyclic) bond motifs is 1. The lowest BCUT2D eigenvalue weighted by Gasteiger charge is -2.29. The van der Waals surface area contributed by atoms with Crippen molar-refractivity contribution in [3.8, 4) is 0 Å². The molecule has 0 atom stereocenters. The molecule has 0 N–H and O–H groups in total. The first kappa shape index (κ1) is 16.0. The number of nitrogens with zero attached hydrogens (tertiary/aromatic N) is 1. The van der Waals surface area contributed by atoms with Gasteiger partial charge in [-0.3, -0.25) is 13.9 Å².